The number of carbonyl (C=O) groups is 1. The van der Waals surface area contributed by atoms with Crippen molar-refractivity contribution in [2.24, 2.45) is 17.8 Å². The molecule has 0 bridgehead atoms. The third kappa shape index (κ3) is 5.02. The lowest BCUT2D eigenvalue weighted by Crippen LogP contribution is -2.49. The third-order valence-electron chi connectivity index (χ3n) is 4.15. The molecule has 122 valence electrons. The number of nitrogens with one attached hydrogen (secondary N) is 2. The molecule has 1 aliphatic heterocycles. The molecule has 0 spiro atoms. The molecule has 2 rings (SSSR count). The second kappa shape index (κ2) is 8.18. The Hall–Kier alpha value is -1.55. The van der Waals surface area contributed by atoms with Gasteiger partial charge in [-0.2, -0.15) is 0 Å². The molecule has 1 fully saturated rings. The lowest BCUT2D eigenvalue weighted by Gasteiger charge is -2.31. The number of ether oxygens (including phenoxy) is 1. The van der Waals surface area contributed by atoms with Crippen LogP contribution in [0.3, 0.4) is 0 Å². The predicted molar refractivity (Wildman–Crippen MR) is 89.0 cm³/mol. The van der Waals surface area contributed by atoms with Gasteiger partial charge in [-0.05, 0) is 49.0 Å². The molecule has 1 saturated heterocycles. The van der Waals surface area contributed by atoms with E-state index in [0.717, 1.165) is 31.9 Å². The number of benzene rings is 1. The van der Waals surface area contributed by atoms with Crippen LogP contribution >= 0.6 is 0 Å². The van der Waals surface area contributed by atoms with Crippen LogP contribution in [0.15, 0.2) is 24.3 Å². The Morgan fingerprint density at radius 2 is 1.95 bits per heavy atom. The molecule has 1 aromatic rings. The minimum Gasteiger partial charge on any atom is -0.493 e. The summed E-state index contributed by atoms with van der Waals surface area (Å²) in [4.78, 5) is 12.0. The largest absolute Gasteiger partial charge is 0.493 e. The van der Waals surface area contributed by atoms with E-state index in [1.807, 2.05) is 19.1 Å². The zero-order valence-corrected chi connectivity index (χ0v) is 13.9. The maximum absolute atomic E-state index is 12.0. The van der Waals surface area contributed by atoms with Gasteiger partial charge in [0.25, 0.3) is 0 Å². The first kappa shape index (κ1) is 16.8. The first-order valence-electron chi connectivity index (χ1n) is 8.26. The molecule has 4 nitrogen and oxygen atoms in total. The van der Waals surface area contributed by atoms with Gasteiger partial charge in [0.2, 0.25) is 5.91 Å². The highest BCUT2D eigenvalue weighted by atomic mass is 16.5. The zero-order chi connectivity index (χ0) is 15.9. The average molecular weight is 304 g/mol. The fraction of sp³-hybridized carbons (Fsp3) is 0.611. The van der Waals surface area contributed by atoms with Gasteiger partial charge < -0.3 is 15.4 Å². The Labute approximate surface area is 133 Å². The van der Waals surface area contributed by atoms with Crippen molar-refractivity contribution >= 4 is 5.91 Å². The van der Waals surface area contributed by atoms with Crippen molar-refractivity contribution in [3.63, 3.8) is 0 Å². The molecule has 2 N–H and O–H groups in total. The fourth-order valence-electron chi connectivity index (χ4n) is 2.38. The van der Waals surface area contributed by atoms with Crippen LogP contribution in [0.25, 0.3) is 0 Å². The summed E-state index contributed by atoms with van der Waals surface area (Å²) in [6.45, 7) is 9.65. The van der Waals surface area contributed by atoms with Gasteiger partial charge in [-0.25, -0.2) is 0 Å². The number of rotatable bonds is 8. The normalized spacial score (nSPS) is 16.2. The summed E-state index contributed by atoms with van der Waals surface area (Å²) in [6.07, 6.45) is 0.853. The minimum absolute atomic E-state index is 0.105. The lowest BCUT2D eigenvalue weighted by atomic mass is 9.88. The van der Waals surface area contributed by atoms with E-state index in [0.29, 0.717) is 18.4 Å². The van der Waals surface area contributed by atoms with Crippen molar-refractivity contribution < 1.29 is 9.53 Å². The Morgan fingerprint density at radius 1 is 1.27 bits per heavy atom. The van der Waals surface area contributed by atoms with Crippen LogP contribution in [0.5, 0.6) is 5.75 Å². The van der Waals surface area contributed by atoms with E-state index >= 15 is 0 Å². The van der Waals surface area contributed by atoms with Gasteiger partial charge >= 0.3 is 0 Å². The molecule has 1 atom stereocenters. The third-order valence-corrected chi connectivity index (χ3v) is 4.15. The number of hydrogen-bond donors (Lipinski definition) is 2. The second-order valence-corrected chi connectivity index (χ2v) is 6.60. The van der Waals surface area contributed by atoms with E-state index in [9.17, 15) is 4.79 Å². The van der Waals surface area contributed by atoms with Crippen molar-refractivity contribution in [2.75, 3.05) is 26.2 Å². The van der Waals surface area contributed by atoms with Crippen LogP contribution in [0.1, 0.15) is 26.3 Å². The van der Waals surface area contributed by atoms with E-state index in [-0.39, 0.29) is 11.8 Å². The van der Waals surface area contributed by atoms with E-state index in [1.165, 1.54) is 5.56 Å². The molecule has 1 aliphatic rings. The number of amides is 1. The molecule has 0 radical (unpaired) electrons. The molecule has 1 unspecified atom stereocenters. The van der Waals surface area contributed by atoms with Gasteiger partial charge in [0.1, 0.15) is 5.75 Å². The molecule has 22 heavy (non-hydrogen) atoms. The summed E-state index contributed by atoms with van der Waals surface area (Å²) >= 11 is 0. The first-order valence-corrected chi connectivity index (χ1v) is 8.26. The molecule has 0 aliphatic carbocycles. The highest BCUT2D eigenvalue weighted by molar-refractivity contribution is 5.78. The van der Waals surface area contributed by atoms with Crippen molar-refractivity contribution in [3.05, 3.63) is 29.8 Å². The maximum atomic E-state index is 12.0. The Bertz CT molecular complexity index is 466. The summed E-state index contributed by atoms with van der Waals surface area (Å²) in [5.41, 5.74) is 1.22. The van der Waals surface area contributed by atoms with Gasteiger partial charge in [0.15, 0.2) is 0 Å². The molecule has 0 aromatic heterocycles. The van der Waals surface area contributed by atoms with Crippen molar-refractivity contribution in [3.8, 4) is 5.75 Å². The molecule has 1 aromatic carbocycles. The lowest BCUT2D eigenvalue weighted by molar-refractivity contribution is -0.126. The maximum Gasteiger partial charge on any atom is 0.223 e. The summed E-state index contributed by atoms with van der Waals surface area (Å²) in [7, 11) is 0. The standard InChI is InChI=1S/C18H28N2O2/c1-13(2)12-22-17-6-4-15(5-7-17)8-9-20-18(21)14(3)16-10-19-11-16/h4-7,13-14,16,19H,8-12H2,1-3H3,(H,20,21). The Balaban J connectivity index is 1.69. The fourth-order valence-corrected chi connectivity index (χ4v) is 2.38. The van der Waals surface area contributed by atoms with Gasteiger partial charge in [0, 0.05) is 12.5 Å². The quantitative estimate of drug-likeness (QED) is 0.774. The molecule has 1 amide bonds. The SMILES string of the molecule is CC(C)COc1ccc(CCNC(=O)C(C)C2CNC2)cc1. The Kier molecular flexibility index (Phi) is 6.25. The summed E-state index contributed by atoms with van der Waals surface area (Å²) < 4.78 is 5.67. The Morgan fingerprint density at radius 3 is 2.50 bits per heavy atom. The van der Waals surface area contributed by atoms with Crippen molar-refractivity contribution in [1.82, 2.24) is 10.6 Å². The topological polar surface area (TPSA) is 50.4 Å². The second-order valence-electron chi connectivity index (χ2n) is 6.60. The van der Waals surface area contributed by atoms with Crippen LogP contribution in [-0.2, 0) is 11.2 Å². The number of carbonyl (C=O) groups excluding carboxylic acids is 1. The molecule has 1 heterocycles. The smallest absolute Gasteiger partial charge is 0.223 e. The molecular weight excluding hydrogens is 276 g/mol. The first-order chi connectivity index (χ1) is 10.6. The van der Waals surface area contributed by atoms with Crippen LogP contribution in [0.4, 0.5) is 0 Å². The minimum atomic E-state index is 0.105. The highest BCUT2D eigenvalue weighted by Crippen LogP contribution is 2.16. The van der Waals surface area contributed by atoms with Crippen LogP contribution in [-0.4, -0.2) is 32.1 Å². The summed E-state index contributed by atoms with van der Waals surface area (Å²) in [5, 5.41) is 6.25. The van der Waals surface area contributed by atoms with E-state index in [4.69, 9.17) is 4.74 Å². The predicted octanol–water partition coefficient (Wildman–Crippen LogP) is 2.24. The molecule has 0 saturated carbocycles. The monoisotopic (exact) mass is 304 g/mol. The van der Waals surface area contributed by atoms with Gasteiger partial charge in [-0.3, -0.25) is 4.79 Å². The van der Waals surface area contributed by atoms with E-state index in [2.05, 4.69) is 36.6 Å². The average Bonchev–Trinajstić information content (AvgIpc) is 2.44. The van der Waals surface area contributed by atoms with Crippen LogP contribution in [0.2, 0.25) is 0 Å². The summed E-state index contributed by atoms with van der Waals surface area (Å²) in [5.74, 6) is 2.21. The highest BCUT2D eigenvalue weighted by Gasteiger charge is 2.28. The summed E-state index contributed by atoms with van der Waals surface area (Å²) in [6, 6.07) is 8.15. The van der Waals surface area contributed by atoms with Gasteiger partial charge in [-0.15, -0.1) is 0 Å². The van der Waals surface area contributed by atoms with Gasteiger partial charge in [0.05, 0.1) is 6.61 Å². The van der Waals surface area contributed by atoms with E-state index in [1.54, 1.807) is 0 Å². The number of hydrogen-bond acceptors (Lipinski definition) is 3. The molecular formula is C18H28N2O2. The molecule has 4 heteroatoms. The van der Waals surface area contributed by atoms with Crippen molar-refractivity contribution in [2.45, 2.75) is 27.2 Å². The van der Waals surface area contributed by atoms with Crippen LogP contribution < -0.4 is 15.4 Å². The zero-order valence-electron chi connectivity index (χ0n) is 13.9. The van der Waals surface area contributed by atoms with Crippen LogP contribution in [0, 0.1) is 17.8 Å². The van der Waals surface area contributed by atoms with Gasteiger partial charge in [-0.1, -0.05) is 32.9 Å². The van der Waals surface area contributed by atoms with Crippen molar-refractivity contribution in [1.29, 1.82) is 0 Å². The van der Waals surface area contributed by atoms with E-state index < -0.39 is 0 Å².